The van der Waals surface area contributed by atoms with Crippen LogP contribution in [-0.2, 0) is 0 Å². The Kier molecular flexibility index (Phi) is 7.78. The molecule has 0 spiro atoms. The maximum absolute atomic E-state index is 3.59. The van der Waals surface area contributed by atoms with Gasteiger partial charge in [0.25, 0.3) is 0 Å². The number of allylic oxidation sites excluding steroid dienone is 2. The summed E-state index contributed by atoms with van der Waals surface area (Å²) in [5.41, 5.74) is 3.59. The molecule has 0 heterocycles. The summed E-state index contributed by atoms with van der Waals surface area (Å²) in [7, 11) is -1.80. The smallest absolute Gasteiger partial charge is 0.126 e. The van der Waals surface area contributed by atoms with Crippen molar-refractivity contribution in [3.63, 3.8) is 0 Å². The van der Waals surface area contributed by atoms with E-state index in [-0.39, 0.29) is 9.52 Å². The lowest BCUT2D eigenvalue weighted by Gasteiger charge is -2.16. The molecule has 0 nitrogen and oxygen atoms in total. The lowest BCUT2D eigenvalue weighted by Crippen LogP contribution is -2.40. The zero-order chi connectivity index (χ0) is 15.7. The van der Waals surface area contributed by atoms with Crippen LogP contribution in [0.3, 0.4) is 0 Å². The fraction of sp³-hybridized carbons (Fsp3) is 0.474. The van der Waals surface area contributed by atoms with Crippen molar-refractivity contribution in [1.82, 2.24) is 0 Å². The van der Waals surface area contributed by atoms with Crippen molar-refractivity contribution in [2.45, 2.75) is 59.5 Å². The number of hydrogen-bond donors (Lipinski definition) is 0. The first-order valence-corrected chi connectivity index (χ1v) is 12.6. The molecule has 0 radical (unpaired) electrons. The van der Waals surface area contributed by atoms with Gasteiger partial charge in [0.1, 0.15) is 0 Å². The maximum atomic E-state index is 3.59. The van der Waals surface area contributed by atoms with Gasteiger partial charge >= 0.3 is 0 Å². The van der Waals surface area contributed by atoms with Gasteiger partial charge in [0.05, 0.1) is 9.52 Å². The van der Waals surface area contributed by atoms with Crippen LogP contribution in [0.4, 0.5) is 0 Å². The van der Waals surface area contributed by atoms with E-state index in [1.165, 1.54) is 29.6 Å². The van der Waals surface area contributed by atoms with Crippen molar-refractivity contribution in [3.8, 4) is 11.5 Å². The van der Waals surface area contributed by atoms with Gasteiger partial charge in [-0.2, -0.15) is 0 Å². The predicted octanol–water partition coefficient (Wildman–Crippen LogP) is 3.44. The Morgan fingerprint density at radius 3 is 2.43 bits per heavy atom. The lowest BCUT2D eigenvalue weighted by atomic mass is 10.2. The summed E-state index contributed by atoms with van der Waals surface area (Å²) in [6.45, 7) is 11.4. The minimum atomic E-state index is -1.57. The topological polar surface area (TPSA) is 0 Å². The molecule has 0 aromatic heterocycles. The van der Waals surface area contributed by atoms with Crippen LogP contribution in [0.15, 0.2) is 35.5 Å². The summed E-state index contributed by atoms with van der Waals surface area (Å²) in [5, 5.41) is 4.58. The van der Waals surface area contributed by atoms with E-state index in [1.807, 2.05) is 0 Å². The monoisotopic (exact) mass is 314 g/mol. The zero-order valence-electron chi connectivity index (χ0n) is 14.4. The van der Waals surface area contributed by atoms with E-state index in [0.717, 1.165) is 6.42 Å². The van der Waals surface area contributed by atoms with Crippen LogP contribution in [0.25, 0.3) is 0 Å². The summed E-state index contributed by atoms with van der Waals surface area (Å²) in [6, 6.07) is 9.33. The van der Waals surface area contributed by atoms with Crippen LogP contribution < -0.4 is 10.4 Å². The number of hydrogen-bond acceptors (Lipinski definition) is 0. The van der Waals surface area contributed by atoms with Crippen molar-refractivity contribution in [3.05, 3.63) is 35.5 Å². The van der Waals surface area contributed by atoms with Gasteiger partial charge in [0, 0.05) is 6.42 Å². The molecule has 2 heteroatoms. The van der Waals surface area contributed by atoms with Gasteiger partial charge in [0.15, 0.2) is 8.07 Å². The molecule has 0 atom stereocenters. The highest BCUT2D eigenvalue weighted by atomic mass is 28.3. The van der Waals surface area contributed by atoms with Crippen molar-refractivity contribution in [2.75, 3.05) is 0 Å². The highest BCUT2D eigenvalue weighted by Gasteiger charge is 2.20. The molecule has 1 aromatic rings. The van der Waals surface area contributed by atoms with Gasteiger partial charge in [-0.3, -0.25) is 0 Å². The highest BCUT2D eigenvalue weighted by molar-refractivity contribution is 6.96. The van der Waals surface area contributed by atoms with E-state index in [0.29, 0.717) is 0 Å². The average molecular weight is 315 g/mol. The molecule has 1 rings (SSSR count). The molecule has 0 aliphatic carbocycles. The molecule has 0 N–H and O–H groups in total. The van der Waals surface area contributed by atoms with Crippen molar-refractivity contribution in [1.29, 1.82) is 0 Å². The highest BCUT2D eigenvalue weighted by Crippen LogP contribution is 2.03. The van der Waals surface area contributed by atoms with E-state index in [4.69, 9.17) is 0 Å². The summed E-state index contributed by atoms with van der Waals surface area (Å²) in [6.07, 6.45) is 7.15. The SMILES string of the molecule is CC=C(C)[SiH2]c1ccc([Si](C)(C)C#CCCCCC)cc1. The fourth-order valence-corrected chi connectivity index (χ4v) is 5.31. The van der Waals surface area contributed by atoms with Crippen LogP contribution in [-0.4, -0.2) is 17.6 Å². The first kappa shape index (κ1) is 18.0. The average Bonchev–Trinajstić information content (AvgIpc) is 2.47. The first-order valence-electron chi connectivity index (χ1n) is 8.21. The summed E-state index contributed by atoms with van der Waals surface area (Å²) >= 11 is 0. The normalized spacial score (nSPS) is 12.5. The van der Waals surface area contributed by atoms with E-state index in [1.54, 1.807) is 5.20 Å². The Morgan fingerprint density at radius 2 is 1.86 bits per heavy atom. The molecule has 21 heavy (non-hydrogen) atoms. The Labute approximate surface area is 134 Å². The number of unbranched alkanes of at least 4 members (excludes halogenated alkanes) is 3. The second-order valence-electron chi connectivity index (χ2n) is 6.39. The standard InChI is InChI=1S/C19H30Si2/c1-6-8-9-10-11-16-21(4,5)19-14-12-18(13-15-19)20-17(3)7-2/h7,12-15H,6,8-10,20H2,1-5H3. The molecule has 0 saturated heterocycles. The molecule has 0 aliphatic rings. The number of benzene rings is 1. The number of rotatable bonds is 6. The van der Waals surface area contributed by atoms with Crippen LogP contribution in [0, 0.1) is 11.5 Å². The zero-order valence-corrected chi connectivity index (χ0v) is 16.8. The van der Waals surface area contributed by atoms with Gasteiger partial charge in [-0.25, -0.2) is 0 Å². The van der Waals surface area contributed by atoms with Crippen LogP contribution in [0.5, 0.6) is 0 Å². The van der Waals surface area contributed by atoms with Gasteiger partial charge in [-0.1, -0.05) is 73.6 Å². The Hall–Kier alpha value is -1.05. The van der Waals surface area contributed by atoms with Gasteiger partial charge in [-0.15, -0.1) is 11.5 Å². The Balaban J connectivity index is 2.70. The lowest BCUT2D eigenvalue weighted by molar-refractivity contribution is 0.737. The molecule has 0 fully saturated rings. The van der Waals surface area contributed by atoms with Gasteiger partial charge < -0.3 is 0 Å². The molecule has 0 aliphatic heterocycles. The van der Waals surface area contributed by atoms with Crippen molar-refractivity contribution in [2.24, 2.45) is 0 Å². The van der Waals surface area contributed by atoms with Gasteiger partial charge in [0.2, 0.25) is 0 Å². The van der Waals surface area contributed by atoms with Crippen molar-refractivity contribution >= 4 is 28.0 Å². The fourth-order valence-electron chi connectivity index (χ4n) is 2.28. The third kappa shape index (κ3) is 6.50. The summed E-state index contributed by atoms with van der Waals surface area (Å²) in [5.74, 6) is 3.43. The molecular formula is C19H30Si2. The first-order chi connectivity index (χ1) is 9.99. The largest absolute Gasteiger partial charge is 0.162 e. The molecule has 0 bridgehead atoms. The molecule has 0 unspecified atom stereocenters. The van der Waals surface area contributed by atoms with Crippen LogP contribution in [0.2, 0.25) is 13.1 Å². The molecule has 0 amide bonds. The van der Waals surface area contributed by atoms with Crippen LogP contribution in [0.1, 0.15) is 46.5 Å². The Morgan fingerprint density at radius 1 is 1.19 bits per heavy atom. The van der Waals surface area contributed by atoms with Crippen LogP contribution >= 0.6 is 0 Å². The third-order valence-electron chi connectivity index (χ3n) is 3.96. The molecule has 0 saturated carbocycles. The van der Waals surface area contributed by atoms with E-state index in [2.05, 4.69) is 75.7 Å². The predicted molar refractivity (Wildman–Crippen MR) is 103 cm³/mol. The van der Waals surface area contributed by atoms with E-state index in [9.17, 15) is 0 Å². The quantitative estimate of drug-likeness (QED) is 0.429. The molecule has 114 valence electrons. The second kappa shape index (κ2) is 9.07. The Bertz CT molecular complexity index is 513. The van der Waals surface area contributed by atoms with Crippen molar-refractivity contribution < 1.29 is 0 Å². The minimum Gasteiger partial charge on any atom is -0.126 e. The van der Waals surface area contributed by atoms with E-state index >= 15 is 0 Å². The van der Waals surface area contributed by atoms with E-state index < -0.39 is 8.07 Å². The third-order valence-corrected chi connectivity index (χ3v) is 8.38. The van der Waals surface area contributed by atoms with Gasteiger partial charge in [-0.05, 0) is 25.5 Å². The minimum absolute atomic E-state index is 0.232. The molecular weight excluding hydrogens is 284 g/mol. The second-order valence-corrected chi connectivity index (χ2v) is 12.8. The summed E-state index contributed by atoms with van der Waals surface area (Å²) in [4.78, 5) is 0. The maximum Gasteiger partial charge on any atom is 0.162 e. The molecule has 1 aromatic carbocycles. The summed E-state index contributed by atoms with van der Waals surface area (Å²) < 4.78 is 0.